The number of nitrogens with zero attached hydrogens (tertiary/aromatic N) is 1. The molecule has 0 saturated carbocycles. The largest absolute Gasteiger partial charge is 0.347 e. The second kappa shape index (κ2) is 8.06. The van der Waals surface area contributed by atoms with E-state index in [1.165, 1.54) is 15.3 Å². The average Bonchev–Trinajstić information content (AvgIpc) is 3.37. The maximum absolute atomic E-state index is 12.9. The molecular formula is C21H20N2O2S2. The van der Waals surface area contributed by atoms with Gasteiger partial charge < -0.3 is 10.2 Å². The van der Waals surface area contributed by atoms with Crippen molar-refractivity contribution < 1.29 is 9.59 Å². The predicted octanol–water partition coefficient (Wildman–Crippen LogP) is 3.64. The summed E-state index contributed by atoms with van der Waals surface area (Å²) < 4.78 is 0. The highest BCUT2D eigenvalue weighted by atomic mass is 32.1. The molecule has 1 aromatic carbocycles. The van der Waals surface area contributed by atoms with E-state index in [0.29, 0.717) is 6.54 Å². The lowest BCUT2D eigenvalue weighted by Crippen LogP contribution is -2.45. The van der Waals surface area contributed by atoms with E-state index in [0.717, 1.165) is 12.0 Å². The Kier molecular flexibility index (Phi) is 5.36. The molecule has 0 spiro atoms. The van der Waals surface area contributed by atoms with Crippen molar-refractivity contribution in [2.24, 2.45) is 0 Å². The van der Waals surface area contributed by atoms with Gasteiger partial charge in [-0.3, -0.25) is 9.59 Å². The molecule has 2 amide bonds. The van der Waals surface area contributed by atoms with Crippen LogP contribution in [0.15, 0.2) is 59.3 Å². The fourth-order valence-corrected chi connectivity index (χ4v) is 5.22. The van der Waals surface area contributed by atoms with Crippen molar-refractivity contribution in [3.63, 3.8) is 0 Å². The van der Waals surface area contributed by atoms with E-state index in [-0.39, 0.29) is 30.8 Å². The smallest absolute Gasteiger partial charge is 0.242 e. The van der Waals surface area contributed by atoms with Gasteiger partial charge in [0, 0.05) is 16.3 Å². The Balaban J connectivity index is 1.44. The minimum Gasteiger partial charge on any atom is -0.347 e. The van der Waals surface area contributed by atoms with Crippen LogP contribution in [0.1, 0.15) is 26.9 Å². The highest BCUT2D eigenvalue weighted by Gasteiger charge is 2.33. The van der Waals surface area contributed by atoms with Crippen LogP contribution in [-0.4, -0.2) is 29.8 Å². The summed E-state index contributed by atoms with van der Waals surface area (Å²) in [5.74, 6) is -0.165. The molecule has 1 aliphatic heterocycles. The zero-order valence-corrected chi connectivity index (χ0v) is 16.4. The Hall–Kier alpha value is -2.44. The van der Waals surface area contributed by atoms with E-state index < -0.39 is 0 Å². The first kappa shape index (κ1) is 17.9. The van der Waals surface area contributed by atoms with E-state index in [1.807, 2.05) is 46.7 Å². The van der Waals surface area contributed by atoms with Crippen LogP contribution in [0.2, 0.25) is 0 Å². The van der Waals surface area contributed by atoms with Crippen LogP contribution in [0.5, 0.6) is 0 Å². The Morgan fingerprint density at radius 3 is 2.67 bits per heavy atom. The quantitative estimate of drug-likeness (QED) is 0.716. The van der Waals surface area contributed by atoms with E-state index in [4.69, 9.17) is 0 Å². The standard InChI is InChI=1S/C21H20N2O2S2/c24-19(13-15-5-2-1-3-6-15)22-14-20(25)23-10-8-17-16(9-12-27-17)21(23)18-7-4-11-26-18/h1-7,9,11-12,21H,8,10,13-14H2,(H,22,24)/t21-/m1/s1. The van der Waals surface area contributed by atoms with Gasteiger partial charge in [-0.25, -0.2) is 0 Å². The van der Waals surface area contributed by atoms with E-state index in [2.05, 4.69) is 22.8 Å². The van der Waals surface area contributed by atoms with Gasteiger partial charge >= 0.3 is 0 Å². The lowest BCUT2D eigenvalue weighted by Gasteiger charge is -2.35. The molecule has 27 heavy (non-hydrogen) atoms. The van der Waals surface area contributed by atoms with Crippen molar-refractivity contribution in [2.75, 3.05) is 13.1 Å². The van der Waals surface area contributed by atoms with Gasteiger partial charge in [-0.1, -0.05) is 36.4 Å². The molecule has 2 aromatic heterocycles. The third-order valence-corrected chi connectivity index (χ3v) is 6.66. The van der Waals surface area contributed by atoms with Gasteiger partial charge in [0.05, 0.1) is 19.0 Å². The number of carbonyl (C=O) groups excluding carboxylic acids is 2. The van der Waals surface area contributed by atoms with Crippen molar-refractivity contribution in [3.8, 4) is 0 Å². The Morgan fingerprint density at radius 2 is 1.89 bits per heavy atom. The first-order valence-electron chi connectivity index (χ1n) is 8.92. The fourth-order valence-electron chi connectivity index (χ4n) is 3.46. The van der Waals surface area contributed by atoms with Crippen molar-refractivity contribution in [2.45, 2.75) is 18.9 Å². The summed E-state index contributed by atoms with van der Waals surface area (Å²) in [7, 11) is 0. The van der Waals surface area contributed by atoms with Gasteiger partial charge in [-0.2, -0.15) is 0 Å². The normalized spacial score (nSPS) is 16.0. The number of rotatable bonds is 5. The van der Waals surface area contributed by atoms with Crippen LogP contribution in [0.4, 0.5) is 0 Å². The summed E-state index contributed by atoms with van der Waals surface area (Å²) in [4.78, 5) is 29.5. The lowest BCUT2D eigenvalue weighted by atomic mass is 9.98. The molecular weight excluding hydrogens is 376 g/mol. The first-order valence-corrected chi connectivity index (χ1v) is 10.7. The number of fused-ring (bicyclic) bond motifs is 1. The van der Waals surface area contributed by atoms with Gasteiger partial charge in [0.15, 0.2) is 0 Å². The van der Waals surface area contributed by atoms with Crippen molar-refractivity contribution in [1.29, 1.82) is 0 Å². The van der Waals surface area contributed by atoms with Gasteiger partial charge in [0.25, 0.3) is 0 Å². The fraction of sp³-hybridized carbons (Fsp3) is 0.238. The highest BCUT2D eigenvalue weighted by molar-refractivity contribution is 7.10. The average molecular weight is 397 g/mol. The number of hydrogen-bond acceptors (Lipinski definition) is 4. The van der Waals surface area contributed by atoms with Crippen LogP contribution < -0.4 is 5.32 Å². The zero-order valence-electron chi connectivity index (χ0n) is 14.8. The minimum atomic E-state index is -0.129. The van der Waals surface area contributed by atoms with Crippen LogP contribution in [-0.2, 0) is 22.4 Å². The third kappa shape index (κ3) is 3.96. The topological polar surface area (TPSA) is 49.4 Å². The minimum absolute atomic E-state index is 0.0347. The van der Waals surface area contributed by atoms with Crippen molar-refractivity contribution in [1.82, 2.24) is 10.2 Å². The van der Waals surface area contributed by atoms with E-state index in [1.54, 1.807) is 22.7 Å². The van der Waals surface area contributed by atoms with Crippen LogP contribution >= 0.6 is 22.7 Å². The second-order valence-corrected chi connectivity index (χ2v) is 8.47. The predicted molar refractivity (Wildman–Crippen MR) is 109 cm³/mol. The number of thiophene rings is 2. The maximum Gasteiger partial charge on any atom is 0.242 e. The molecule has 0 aliphatic carbocycles. The number of nitrogens with one attached hydrogen (secondary N) is 1. The molecule has 6 heteroatoms. The Labute approximate surface area is 166 Å². The van der Waals surface area contributed by atoms with Crippen LogP contribution in [0.25, 0.3) is 0 Å². The van der Waals surface area contributed by atoms with Crippen molar-refractivity contribution >= 4 is 34.5 Å². The summed E-state index contributed by atoms with van der Waals surface area (Å²) in [6.45, 7) is 0.719. The monoisotopic (exact) mass is 396 g/mol. The highest BCUT2D eigenvalue weighted by Crippen LogP contribution is 2.39. The molecule has 4 nitrogen and oxygen atoms in total. The van der Waals surface area contributed by atoms with Gasteiger partial charge in [-0.05, 0) is 40.4 Å². The van der Waals surface area contributed by atoms with E-state index in [9.17, 15) is 9.59 Å². The molecule has 3 heterocycles. The van der Waals surface area contributed by atoms with E-state index >= 15 is 0 Å². The molecule has 1 atom stereocenters. The number of hydrogen-bond donors (Lipinski definition) is 1. The summed E-state index contributed by atoms with van der Waals surface area (Å²) in [5.41, 5.74) is 2.16. The molecule has 4 rings (SSSR count). The lowest BCUT2D eigenvalue weighted by molar-refractivity contribution is -0.134. The Bertz CT molecular complexity index is 919. The SMILES string of the molecule is O=C(Cc1ccccc1)NCC(=O)N1CCc2sccc2[C@@H]1c1cccs1. The summed E-state index contributed by atoms with van der Waals surface area (Å²) in [6.07, 6.45) is 1.16. The van der Waals surface area contributed by atoms with Gasteiger partial charge in [-0.15, -0.1) is 22.7 Å². The summed E-state index contributed by atoms with van der Waals surface area (Å²) in [5, 5.41) is 6.93. The summed E-state index contributed by atoms with van der Waals surface area (Å²) >= 11 is 3.42. The number of amides is 2. The molecule has 0 saturated heterocycles. The molecule has 0 unspecified atom stereocenters. The Morgan fingerprint density at radius 1 is 1.04 bits per heavy atom. The molecule has 3 aromatic rings. The number of benzene rings is 1. The molecule has 1 aliphatic rings. The maximum atomic E-state index is 12.9. The third-order valence-electron chi connectivity index (χ3n) is 4.74. The first-order chi connectivity index (χ1) is 13.2. The second-order valence-electron chi connectivity index (χ2n) is 6.49. The number of carbonyl (C=O) groups is 2. The zero-order chi connectivity index (χ0) is 18.6. The van der Waals surface area contributed by atoms with Crippen LogP contribution in [0.3, 0.4) is 0 Å². The molecule has 0 radical (unpaired) electrons. The molecule has 1 N–H and O–H groups in total. The van der Waals surface area contributed by atoms with Gasteiger partial charge in [0.1, 0.15) is 0 Å². The molecule has 0 bridgehead atoms. The van der Waals surface area contributed by atoms with Crippen molar-refractivity contribution in [3.05, 3.63) is 80.2 Å². The van der Waals surface area contributed by atoms with Gasteiger partial charge in [0.2, 0.25) is 11.8 Å². The summed E-state index contributed by atoms with van der Waals surface area (Å²) in [6, 6.07) is 15.7. The van der Waals surface area contributed by atoms with Crippen LogP contribution in [0, 0.1) is 0 Å². The molecule has 138 valence electrons. The molecule has 0 fully saturated rings.